The van der Waals surface area contributed by atoms with Gasteiger partial charge in [-0.05, 0) is 29.7 Å². The van der Waals surface area contributed by atoms with E-state index in [1.54, 1.807) is 6.20 Å². The summed E-state index contributed by atoms with van der Waals surface area (Å²) < 4.78 is 5.50. The zero-order chi connectivity index (χ0) is 13.5. The lowest BCUT2D eigenvalue weighted by Gasteiger charge is -2.28. The van der Waals surface area contributed by atoms with E-state index in [0.717, 1.165) is 23.4 Å². The predicted octanol–water partition coefficient (Wildman–Crippen LogP) is 3.01. The summed E-state index contributed by atoms with van der Waals surface area (Å²) in [5, 5.41) is 3.93. The van der Waals surface area contributed by atoms with Crippen LogP contribution < -0.4 is 5.73 Å². The average molecular weight is 263 g/mol. The molecule has 3 aromatic rings. The first-order valence-electron chi connectivity index (χ1n) is 6.59. The van der Waals surface area contributed by atoms with Crippen LogP contribution in [0.1, 0.15) is 22.8 Å². The van der Waals surface area contributed by atoms with E-state index < -0.39 is 0 Å². The second-order valence-corrected chi connectivity index (χ2v) is 4.98. The number of hydrogen-bond donors (Lipinski definition) is 1. The Morgan fingerprint density at radius 2 is 1.95 bits per heavy atom. The summed E-state index contributed by atoms with van der Waals surface area (Å²) in [6, 6.07) is 14.1. The number of hydrogen-bond acceptors (Lipinski definition) is 4. The predicted molar refractivity (Wildman–Crippen MR) is 76.1 cm³/mol. The summed E-state index contributed by atoms with van der Waals surface area (Å²) >= 11 is 0. The Kier molecular flexibility index (Phi) is 2.36. The van der Waals surface area contributed by atoms with Gasteiger partial charge < -0.3 is 10.3 Å². The highest BCUT2D eigenvalue weighted by Gasteiger charge is 2.33. The standard InChI is InChI=1S/C16H13N3O/c17-16-14(13-7-3-4-8-18-13)15(20-19-16)12-9-10-5-1-2-6-11(10)12/h1-8,12H,9H2,(H2,17,19). The van der Waals surface area contributed by atoms with Crippen molar-refractivity contribution in [1.29, 1.82) is 0 Å². The average Bonchev–Trinajstić information content (AvgIpc) is 2.83. The van der Waals surface area contributed by atoms with Gasteiger partial charge in [0.05, 0.1) is 17.2 Å². The molecule has 1 atom stereocenters. The maximum absolute atomic E-state index is 5.97. The molecule has 20 heavy (non-hydrogen) atoms. The number of nitrogens with two attached hydrogens (primary N) is 1. The van der Waals surface area contributed by atoms with Gasteiger partial charge in [-0.25, -0.2) is 0 Å². The van der Waals surface area contributed by atoms with Crippen LogP contribution in [0.3, 0.4) is 0 Å². The van der Waals surface area contributed by atoms with Crippen LogP contribution in [0.5, 0.6) is 0 Å². The molecule has 2 N–H and O–H groups in total. The van der Waals surface area contributed by atoms with E-state index in [2.05, 4.69) is 28.3 Å². The molecule has 4 nitrogen and oxygen atoms in total. The van der Waals surface area contributed by atoms with Gasteiger partial charge in [0.2, 0.25) is 0 Å². The summed E-state index contributed by atoms with van der Waals surface area (Å²) in [6.45, 7) is 0. The molecule has 4 rings (SSSR count). The molecule has 0 amide bonds. The summed E-state index contributed by atoms with van der Waals surface area (Å²) in [5.74, 6) is 1.45. The zero-order valence-corrected chi connectivity index (χ0v) is 10.8. The largest absolute Gasteiger partial charge is 0.380 e. The van der Waals surface area contributed by atoms with Crippen LogP contribution in [0.2, 0.25) is 0 Å². The first-order chi connectivity index (χ1) is 9.84. The van der Waals surface area contributed by atoms with Crippen molar-refractivity contribution in [3.8, 4) is 11.3 Å². The monoisotopic (exact) mass is 263 g/mol. The quantitative estimate of drug-likeness (QED) is 0.771. The third kappa shape index (κ3) is 1.54. The van der Waals surface area contributed by atoms with E-state index in [1.807, 2.05) is 24.3 Å². The Morgan fingerprint density at radius 1 is 1.10 bits per heavy atom. The van der Waals surface area contributed by atoms with Crippen LogP contribution in [-0.4, -0.2) is 10.1 Å². The molecule has 0 radical (unpaired) electrons. The Bertz CT molecular complexity index is 764. The van der Waals surface area contributed by atoms with Crippen molar-refractivity contribution in [2.75, 3.05) is 5.73 Å². The number of benzene rings is 1. The second kappa shape index (κ2) is 4.20. The smallest absolute Gasteiger partial charge is 0.176 e. The lowest BCUT2D eigenvalue weighted by atomic mass is 9.75. The van der Waals surface area contributed by atoms with Crippen LogP contribution in [-0.2, 0) is 6.42 Å². The fourth-order valence-corrected chi connectivity index (χ4v) is 2.81. The summed E-state index contributed by atoms with van der Waals surface area (Å²) in [5.41, 5.74) is 10.3. The van der Waals surface area contributed by atoms with Gasteiger partial charge in [0.1, 0.15) is 0 Å². The lowest BCUT2D eigenvalue weighted by Crippen LogP contribution is -2.18. The van der Waals surface area contributed by atoms with Crippen molar-refractivity contribution in [1.82, 2.24) is 10.1 Å². The summed E-state index contributed by atoms with van der Waals surface area (Å²) in [7, 11) is 0. The molecule has 0 saturated carbocycles. The van der Waals surface area contributed by atoms with Gasteiger partial charge in [0.15, 0.2) is 11.6 Å². The molecule has 1 aromatic carbocycles. The van der Waals surface area contributed by atoms with E-state index in [-0.39, 0.29) is 5.92 Å². The van der Waals surface area contributed by atoms with Gasteiger partial charge in [0, 0.05) is 6.20 Å². The molecule has 4 heteroatoms. The fraction of sp³-hybridized carbons (Fsp3) is 0.125. The number of anilines is 1. The Morgan fingerprint density at radius 3 is 2.75 bits per heavy atom. The van der Waals surface area contributed by atoms with Gasteiger partial charge in [-0.2, -0.15) is 0 Å². The fourth-order valence-electron chi connectivity index (χ4n) is 2.81. The maximum Gasteiger partial charge on any atom is 0.176 e. The third-order valence-corrected chi connectivity index (χ3v) is 3.84. The molecule has 0 bridgehead atoms. The van der Waals surface area contributed by atoms with E-state index >= 15 is 0 Å². The molecule has 0 saturated heterocycles. The molecule has 1 aliphatic carbocycles. The zero-order valence-electron chi connectivity index (χ0n) is 10.8. The molecular weight excluding hydrogens is 250 g/mol. The van der Waals surface area contributed by atoms with Gasteiger partial charge in [-0.15, -0.1) is 0 Å². The minimum atomic E-state index is 0.230. The Labute approximate surface area is 116 Å². The maximum atomic E-state index is 5.97. The van der Waals surface area contributed by atoms with Gasteiger partial charge in [0.25, 0.3) is 0 Å². The topological polar surface area (TPSA) is 64.9 Å². The minimum absolute atomic E-state index is 0.230. The molecule has 0 fully saturated rings. The number of rotatable bonds is 2. The Balaban J connectivity index is 1.82. The summed E-state index contributed by atoms with van der Waals surface area (Å²) in [4.78, 5) is 4.36. The molecule has 98 valence electrons. The Hall–Kier alpha value is -2.62. The number of nitrogens with zero attached hydrogens (tertiary/aromatic N) is 2. The molecule has 0 spiro atoms. The molecular formula is C16H13N3O. The van der Waals surface area contributed by atoms with Crippen LogP contribution >= 0.6 is 0 Å². The van der Waals surface area contributed by atoms with Crippen LogP contribution in [0.25, 0.3) is 11.3 Å². The summed E-state index contributed by atoms with van der Waals surface area (Å²) in [6.07, 6.45) is 2.71. The number of pyridine rings is 1. The van der Waals surface area contributed by atoms with E-state index in [9.17, 15) is 0 Å². The van der Waals surface area contributed by atoms with Crippen molar-refractivity contribution in [2.24, 2.45) is 0 Å². The second-order valence-electron chi connectivity index (χ2n) is 4.98. The lowest BCUT2D eigenvalue weighted by molar-refractivity contribution is 0.365. The third-order valence-electron chi connectivity index (χ3n) is 3.84. The van der Waals surface area contributed by atoms with Crippen molar-refractivity contribution in [3.63, 3.8) is 0 Å². The molecule has 1 aliphatic rings. The number of aromatic nitrogens is 2. The van der Waals surface area contributed by atoms with Gasteiger partial charge >= 0.3 is 0 Å². The van der Waals surface area contributed by atoms with Crippen molar-refractivity contribution in [2.45, 2.75) is 12.3 Å². The van der Waals surface area contributed by atoms with Crippen molar-refractivity contribution >= 4 is 5.82 Å². The van der Waals surface area contributed by atoms with E-state index in [0.29, 0.717) is 5.82 Å². The number of nitrogen functional groups attached to an aromatic ring is 1. The molecule has 2 heterocycles. The van der Waals surface area contributed by atoms with Crippen molar-refractivity contribution < 1.29 is 4.52 Å². The highest BCUT2D eigenvalue weighted by molar-refractivity contribution is 5.74. The van der Waals surface area contributed by atoms with Crippen molar-refractivity contribution in [3.05, 3.63) is 65.5 Å². The van der Waals surface area contributed by atoms with Crippen LogP contribution in [0.15, 0.2) is 53.2 Å². The number of fused-ring (bicyclic) bond motifs is 1. The molecule has 0 aliphatic heterocycles. The van der Waals surface area contributed by atoms with Crippen LogP contribution in [0.4, 0.5) is 5.82 Å². The van der Waals surface area contributed by atoms with Crippen LogP contribution in [0, 0.1) is 0 Å². The van der Waals surface area contributed by atoms with Gasteiger partial charge in [-0.1, -0.05) is 35.5 Å². The van der Waals surface area contributed by atoms with Gasteiger partial charge in [-0.3, -0.25) is 4.98 Å². The molecule has 1 unspecified atom stereocenters. The first kappa shape index (κ1) is 11.2. The highest BCUT2D eigenvalue weighted by Crippen LogP contribution is 2.44. The SMILES string of the molecule is Nc1noc(C2Cc3ccccc32)c1-c1ccccn1. The minimum Gasteiger partial charge on any atom is -0.380 e. The highest BCUT2D eigenvalue weighted by atomic mass is 16.5. The first-order valence-corrected chi connectivity index (χ1v) is 6.59. The molecule has 2 aromatic heterocycles. The normalized spacial score (nSPS) is 16.5. The van der Waals surface area contributed by atoms with E-state index in [4.69, 9.17) is 10.3 Å². The van der Waals surface area contributed by atoms with E-state index in [1.165, 1.54) is 11.1 Å².